The van der Waals surface area contributed by atoms with E-state index in [0.29, 0.717) is 16.3 Å². The van der Waals surface area contributed by atoms with Crippen molar-refractivity contribution in [1.82, 2.24) is 4.90 Å². The first-order valence-corrected chi connectivity index (χ1v) is 10.8. The average molecular weight is 402 g/mol. The van der Waals surface area contributed by atoms with Crippen molar-refractivity contribution >= 4 is 21.8 Å². The molecule has 5 saturated carbocycles. The van der Waals surface area contributed by atoms with Gasteiger partial charge in [-0.05, 0) is 74.2 Å². The number of carbonyl (C=O) groups excluding carboxylic acids is 1. The molecule has 1 amide bonds. The fraction of sp³-hybridized carbons (Fsp3) is 0.682. The third kappa shape index (κ3) is 3.18. The second kappa shape index (κ2) is 5.84. The fourth-order valence-corrected chi connectivity index (χ4v) is 8.06. The van der Waals surface area contributed by atoms with Gasteiger partial charge in [-0.3, -0.25) is 4.79 Å². The summed E-state index contributed by atoms with van der Waals surface area (Å²) in [5.74, 6) is 2.14. The highest BCUT2D eigenvalue weighted by atomic mass is 79.9. The van der Waals surface area contributed by atoms with Crippen molar-refractivity contribution < 1.29 is 4.79 Å². The van der Waals surface area contributed by atoms with E-state index in [1.165, 1.54) is 56.9 Å². The minimum absolute atomic E-state index is 0.286. The molecule has 5 fully saturated rings. The summed E-state index contributed by atoms with van der Waals surface area (Å²) < 4.78 is 0.348. The topological polar surface area (TPSA) is 20.3 Å². The van der Waals surface area contributed by atoms with Gasteiger partial charge in [-0.15, -0.1) is 0 Å². The Morgan fingerprint density at radius 2 is 1.76 bits per heavy atom. The van der Waals surface area contributed by atoms with Crippen LogP contribution < -0.4 is 0 Å². The Labute approximate surface area is 159 Å². The SMILES string of the molecule is O=C(CC12CC3CC(CC(Br)(C3)C1)C2)N(Cc1ccccc1)C1CC1. The summed E-state index contributed by atoms with van der Waals surface area (Å²) in [5, 5.41) is 0. The lowest BCUT2D eigenvalue weighted by atomic mass is 9.48. The smallest absolute Gasteiger partial charge is 0.223 e. The number of benzene rings is 1. The average Bonchev–Trinajstić information content (AvgIpc) is 3.35. The van der Waals surface area contributed by atoms with E-state index in [2.05, 4.69) is 51.2 Å². The largest absolute Gasteiger partial charge is 0.335 e. The van der Waals surface area contributed by atoms with Crippen LogP contribution in [-0.4, -0.2) is 21.2 Å². The molecule has 0 radical (unpaired) electrons. The lowest BCUT2D eigenvalue weighted by Crippen LogP contribution is -2.54. The van der Waals surface area contributed by atoms with E-state index in [-0.39, 0.29) is 5.41 Å². The zero-order valence-electron chi connectivity index (χ0n) is 14.9. The minimum atomic E-state index is 0.286. The summed E-state index contributed by atoms with van der Waals surface area (Å²) in [4.78, 5) is 15.5. The van der Waals surface area contributed by atoms with Gasteiger partial charge in [-0.25, -0.2) is 0 Å². The van der Waals surface area contributed by atoms with Crippen LogP contribution in [0.2, 0.25) is 0 Å². The molecule has 6 rings (SSSR count). The quantitative estimate of drug-likeness (QED) is 0.612. The molecule has 0 heterocycles. The summed E-state index contributed by atoms with van der Waals surface area (Å²) in [6.45, 7) is 0.798. The second-order valence-electron chi connectivity index (χ2n) is 9.53. The Morgan fingerprint density at radius 3 is 2.36 bits per heavy atom. The van der Waals surface area contributed by atoms with E-state index < -0.39 is 0 Å². The molecule has 2 unspecified atom stereocenters. The summed E-state index contributed by atoms with van der Waals surface area (Å²) in [7, 11) is 0. The van der Waals surface area contributed by atoms with Crippen LogP contribution in [0.3, 0.4) is 0 Å². The van der Waals surface area contributed by atoms with Crippen LogP contribution in [0.1, 0.15) is 63.4 Å². The molecule has 2 atom stereocenters. The summed E-state index contributed by atoms with van der Waals surface area (Å²) >= 11 is 4.09. The number of nitrogens with zero attached hydrogens (tertiary/aromatic N) is 1. The molecule has 5 aliphatic carbocycles. The number of halogens is 1. The molecule has 0 N–H and O–H groups in total. The van der Waals surface area contributed by atoms with Gasteiger partial charge in [0.1, 0.15) is 0 Å². The van der Waals surface area contributed by atoms with E-state index >= 15 is 0 Å². The van der Waals surface area contributed by atoms with Crippen LogP contribution in [-0.2, 0) is 11.3 Å². The van der Waals surface area contributed by atoms with Gasteiger partial charge in [0.25, 0.3) is 0 Å². The van der Waals surface area contributed by atoms with Gasteiger partial charge >= 0.3 is 0 Å². The number of carbonyl (C=O) groups is 1. The van der Waals surface area contributed by atoms with Crippen LogP contribution in [0, 0.1) is 17.3 Å². The third-order valence-corrected chi connectivity index (χ3v) is 8.07. The van der Waals surface area contributed by atoms with Gasteiger partial charge in [0.05, 0.1) is 0 Å². The monoisotopic (exact) mass is 401 g/mol. The molecule has 25 heavy (non-hydrogen) atoms. The predicted octanol–water partition coefficient (Wildman–Crippen LogP) is 5.30. The molecule has 134 valence electrons. The molecule has 0 aliphatic heterocycles. The Bertz CT molecular complexity index is 654. The molecule has 5 aliphatic rings. The predicted molar refractivity (Wildman–Crippen MR) is 103 cm³/mol. The van der Waals surface area contributed by atoms with Crippen LogP contribution in [0.5, 0.6) is 0 Å². The van der Waals surface area contributed by atoms with E-state index in [9.17, 15) is 4.79 Å². The van der Waals surface area contributed by atoms with Crippen molar-refractivity contribution in [3.8, 4) is 0 Å². The molecule has 1 aromatic rings. The molecule has 4 bridgehead atoms. The number of rotatable bonds is 5. The first kappa shape index (κ1) is 16.4. The lowest BCUT2D eigenvalue weighted by Gasteiger charge is -2.60. The Hall–Kier alpha value is -0.830. The van der Waals surface area contributed by atoms with Crippen molar-refractivity contribution in [1.29, 1.82) is 0 Å². The van der Waals surface area contributed by atoms with E-state index in [0.717, 1.165) is 24.8 Å². The minimum Gasteiger partial charge on any atom is -0.335 e. The van der Waals surface area contributed by atoms with Gasteiger partial charge in [0.2, 0.25) is 5.91 Å². The number of hydrogen-bond donors (Lipinski definition) is 0. The van der Waals surface area contributed by atoms with Crippen molar-refractivity contribution in [3.63, 3.8) is 0 Å². The normalized spacial score (nSPS) is 38.8. The summed E-state index contributed by atoms with van der Waals surface area (Å²) in [5.41, 5.74) is 1.55. The standard InChI is InChI=1S/C22H28BrNO/c23-22-11-17-8-18(12-22)10-21(9-17,15-22)13-20(25)24(19-6-7-19)14-16-4-2-1-3-5-16/h1-5,17-19H,6-15H2. The van der Waals surface area contributed by atoms with E-state index in [4.69, 9.17) is 0 Å². The highest BCUT2D eigenvalue weighted by Crippen LogP contribution is 2.65. The fourth-order valence-electron chi connectivity index (χ4n) is 6.55. The van der Waals surface area contributed by atoms with Gasteiger partial charge in [-0.1, -0.05) is 46.3 Å². The lowest BCUT2D eigenvalue weighted by molar-refractivity contribution is -0.139. The van der Waals surface area contributed by atoms with Crippen LogP contribution in [0.15, 0.2) is 30.3 Å². The highest BCUT2D eigenvalue weighted by molar-refractivity contribution is 9.10. The molecule has 0 spiro atoms. The van der Waals surface area contributed by atoms with Gasteiger partial charge in [0, 0.05) is 23.3 Å². The maximum atomic E-state index is 13.3. The molecule has 0 saturated heterocycles. The van der Waals surface area contributed by atoms with Crippen molar-refractivity contribution in [2.45, 2.75) is 74.7 Å². The Morgan fingerprint density at radius 1 is 1.08 bits per heavy atom. The van der Waals surface area contributed by atoms with Crippen LogP contribution >= 0.6 is 15.9 Å². The van der Waals surface area contributed by atoms with Crippen LogP contribution in [0.25, 0.3) is 0 Å². The van der Waals surface area contributed by atoms with Crippen LogP contribution in [0.4, 0.5) is 0 Å². The Balaban J connectivity index is 1.33. The number of amides is 1. The number of alkyl halides is 1. The highest BCUT2D eigenvalue weighted by Gasteiger charge is 2.57. The van der Waals surface area contributed by atoms with Crippen molar-refractivity contribution in [3.05, 3.63) is 35.9 Å². The molecule has 1 aromatic carbocycles. The molecule has 3 heteroatoms. The summed E-state index contributed by atoms with van der Waals surface area (Å²) in [6, 6.07) is 11.0. The molecule has 2 nitrogen and oxygen atoms in total. The number of hydrogen-bond acceptors (Lipinski definition) is 1. The Kier molecular flexibility index (Phi) is 3.82. The molecule has 0 aromatic heterocycles. The molecular formula is C22H28BrNO. The summed E-state index contributed by atoms with van der Waals surface area (Å²) in [6.07, 6.45) is 11.1. The maximum Gasteiger partial charge on any atom is 0.223 e. The zero-order valence-corrected chi connectivity index (χ0v) is 16.5. The van der Waals surface area contributed by atoms with Gasteiger partial charge in [-0.2, -0.15) is 0 Å². The zero-order chi connectivity index (χ0) is 17.1. The molecular weight excluding hydrogens is 374 g/mol. The van der Waals surface area contributed by atoms with Crippen molar-refractivity contribution in [2.24, 2.45) is 17.3 Å². The first-order valence-electron chi connectivity index (χ1n) is 10.0. The van der Waals surface area contributed by atoms with Crippen molar-refractivity contribution in [2.75, 3.05) is 0 Å². The maximum absolute atomic E-state index is 13.3. The first-order chi connectivity index (χ1) is 12.0. The van der Waals surface area contributed by atoms with Gasteiger partial charge in [0.15, 0.2) is 0 Å². The third-order valence-electron chi connectivity index (χ3n) is 7.14. The second-order valence-corrected chi connectivity index (χ2v) is 11.2. The van der Waals surface area contributed by atoms with E-state index in [1.807, 2.05) is 0 Å². The van der Waals surface area contributed by atoms with E-state index in [1.54, 1.807) is 0 Å². The van der Waals surface area contributed by atoms with Gasteiger partial charge < -0.3 is 4.90 Å².